The molecule has 14 heavy (non-hydrogen) atoms. The zero-order chi connectivity index (χ0) is 11.4. The van der Waals surface area contributed by atoms with Crippen molar-refractivity contribution in [2.45, 2.75) is 52.3 Å². The van der Waals surface area contributed by atoms with E-state index in [9.17, 15) is 4.21 Å². The van der Waals surface area contributed by atoms with Gasteiger partial charge in [-0.15, -0.1) is 0 Å². The molecule has 3 heteroatoms. The van der Waals surface area contributed by atoms with Crippen LogP contribution in [0.15, 0.2) is 0 Å². The fourth-order valence-corrected chi connectivity index (χ4v) is 1.84. The standard InChI is InChI=1S/C11H25NOS/c1-9(2)10(3)12-7-8-14(13)11(4,5)6/h9-10,12H,7-8H2,1-6H3. The van der Waals surface area contributed by atoms with Gasteiger partial charge in [0.25, 0.3) is 0 Å². The van der Waals surface area contributed by atoms with Gasteiger partial charge >= 0.3 is 0 Å². The van der Waals surface area contributed by atoms with Crippen LogP contribution in [0.5, 0.6) is 0 Å². The summed E-state index contributed by atoms with van der Waals surface area (Å²) in [6.45, 7) is 13.5. The van der Waals surface area contributed by atoms with E-state index in [1.807, 2.05) is 20.8 Å². The summed E-state index contributed by atoms with van der Waals surface area (Å²) in [6.07, 6.45) is 0. The maximum absolute atomic E-state index is 11.7. The molecular formula is C11H25NOS. The first-order chi connectivity index (χ1) is 6.25. The summed E-state index contributed by atoms with van der Waals surface area (Å²) in [5.74, 6) is 1.39. The maximum atomic E-state index is 11.7. The molecule has 2 atom stereocenters. The van der Waals surface area contributed by atoms with E-state index in [4.69, 9.17) is 0 Å². The molecule has 0 amide bonds. The van der Waals surface area contributed by atoms with Crippen LogP contribution in [0.2, 0.25) is 0 Å². The molecule has 0 saturated heterocycles. The second-order valence-electron chi connectivity index (χ2n) is 5.15. The predicted octanol–water partition coefficient (Wildman–Crippen LogP) is 2.17. The van der Waals surface area contributed by atoms with Crippen molar-refractivity contribution in [2.24, 2.45) is 5.92 Å². The van der Waals surface area contributed by atoms with Gasteiger partial charge in [-0.05, 0) is 33.6 Å². The van der Waals surface area contributed by atoms with Crippen LogP contribution < -0.4 is 5.32 Å². The molecule has 0 aliphatic carbocycles. The second-order valence-corrected chi connectivity index (χ2v) is 7.47. The van der Waals surface area contributed by atoms with Crippen LogP contribution in [0.4, 0.5) is 0 Å². The van der Waals surface area contributed by atoms with Gasteiger partial charge in [0.15, 0.2) is 0 Å². The molecule has 0 aromatic carbocycles. The molecule has 86 valence electrons. The summed E-state index contributed by atoms with van der Waals surface area (Å²) in [5, 5.41) is 3.39. The van der Waals surface area contributed by atoms with E-state index in [1.54, 1.807) is 0 Å². The average molecular weight is 219 g/mol. The third-order valence-corrected chi connectivity index (χ3v) is 4.38. The molecule has 0 heterocycles. The smallest absolute Gasteiger partial charge is 0.0375 e. The SMILES string of the molecule is CC(C)C(C)NCCS(=O)C(C)(C)C. The van der Waals surface area contributed by atoms with Crippen LogP contribution >= 0.6 is 0 Å². The summed E-state index contributed by atoms with van der Waals surface area (Å²) >= 11 is 0. The molecule has 0 aromatic heterocycles. The highest BCUT2D eigenvalue weighted by Crippen LogP contribution is 2.10. The van der Waals surface area contributed by atoms with E-state index in [1.165, 1.54) is 0 Å². The van der Waals surface area contributed by atoms with Crippen LogP contribution in [0.3, 0.4) is 0 Å². The molecule has 0 saturated carbocycles. The van der Waals surface area contributed by atoms with Gasteiger partial charge in [0.1, 0.15) is 0 Å². The summed E-state index contributed by atoms with van der Waals surface area (Å²) < 4.78 is 11.6. The minimum absolute atomic E-state index is 0.0806. The Morgan fingerprint density at radius 3 is 2.07 bits per heavy atom. The van der Waals surface area contributed by atoms with Gasteiger partial charge in [0, 0.05) is 33.9 Å². The summed E-state index contributed by atoms with van der Waals surface area (Å²) in [6, 6.07) is 0.506. The zero-order valence-corrected chi connectivity index (χ0v) is 11.2. The number of hydrogen-bond donors (Lipinski definition) is 1. The lowest BCUT2D eigenvalue weighted by molar-refractivity contribution is 0.437. The molecule has 2 unspecified atom stereocenters. The van der Waals surface area contributed by atoms with E-state index in [-0.39, 0.29) is 4.75 Å². The lowest BCUT2D eigenvalue weighted by Gasteiger charge is -2.20. The molecule has 2 nitrogen and oxygen atoms in total. The minimum atomic E-state index is -0.729. The summed E-state index contributed by atoms with van der Waals surface area (Å²) in [7, 11) is -0.729. The first kappa shape index (κ1) is 14.1. The van der Waals surface area contributed by atoms with E-state index < -0.39 is 10.8 Å². The van der Waals surface area contributed by atoms with Gasteiger partial charge in [-0.1, -0.05) is 13.8 Å². The molecular weight excluding hydrogens is 194 g/mol. The lowest BCUT2D eigenvalue weighted by atomic mass is 10.1. The Morgan fingerprint density at radius 1 is 1.21 bits per heavy atom. The molecule has 0 aliphatic rings. The van der Waals surface area contributed by atoms with Gasteiger partial charge in [-0.2, -0.15) is 0 Å². The highest BCUT2D eigenvalue weighted by atomic mass is 32.2. The molecule has 0 rings (SSSR count). The largest absolute Gasteiger partial charge is 0.313 e. The molecule has 0 aliphatic heterocycles. The van der Waals surface area contributed by atoms with Crippen molar-refractivity contribution in [3.63, 3.8) is 0 Å². The van der Waals surface area contributed by atoms with Crippen molar-refractivity contribution >= 4 is 10.8 Å². The normalized spacial score (nSPS) is 17.1. The van der Waals surface area contributed by atoms with Crippen molar-refractivity contribution < 1.29 is 4.21 Å². The number of nitrogens with one attached hydrogen (secondary N) is 1. The van der Waals surface area contributed by atoms with Crippen molar-refractivity contribution in [1.29, 1.82) is 0 Å². The second kappa shape index (κ2) is 5.86. The monoisotopic (exact) mass is 219 g/mol. The van der Waals surface area contributed by atoms with Crippen LogP contribution in [-0.2, 0) is 10.8 Å². The molecule has 0 radical (unpaired) electrons. The fourth-order valence-electron chi connectivity index (χ4n) is 0.921. The van der Waals surface area contributed by atoms with E-state index >= 15 is 0 Å². The van der Waals surface area contributed by atoms with E-state index in [2.05, 4.69) is 26.1 Å². The Hall–Kier alpha value is 0.110. The first-order valence-electron chi connectivity index (χ1n) is 5.37. The van der Waals surface area contributed by atoms with Crippen molar-refractivity contribution in [3.8, 4) is 0 Å². The van der Waals surface area contributed by atoms with Gasteiger partial charge in [0.2, 0.25) is 0 Å². The molecule has 0 aromatic rings. The lowest BCUT2D eigenvalue weighted by Crippen LogP contribution is -2.36. The molecule has 0 fully saturated rings. The highest BCUT2D eigenvalue weighted by Gasteiger charge is 2.18. The Labute approximate surface area is 91.3 Å². The zero-order valence-electron chi connectivity index (χ0n) is 10.4. The van der Waals surface area contributed by atoms with Gasteiger partial charge in [-0.3, -0.25) is 4.21 Å². The average Bonchev–Trinajstić information content (AvgIpc) is 2.01. The third kappa shape index (κ3) is 5.76. The van der Waals surface area contributed by atoms with Crippen LogP contribution in [-0.4, -0.2) is 27.3 Å². The quantitative estimate of drug-likeness (QED) is 0.768. The highest BCUT2D eigenvalue weighted by molar-refractivity contribution is 7.86. The minimum Gasteiger partial charge on any atom is -0.313 e. The van der Waals surface area contributed by atoms with Crippen LogP contribution in [0.1, 0.15) is 41.5 Å². The van der Waals surface area contributed by atoms with Gasteiger partial charge < -0.3 is 5.32 Å². The molecule has 0 spiro atoms. The van der Waals surface area contributed by atoms with Gasteiger partial charge in [-0.25, -0.2) is 0 Å². The van der Waals surface area contributed by atoms with E-state index in [0.717, 1.165) is 12.3 Å². The summed E-state index contributed by atoms with van der Waals surface area (Å²) in [5.41, 5.74) is 0. The van der Waals surface area contributed by atoms with Crippen molar-refractivity contribution in [2.75, 3.05) is 12.3 Å². The number of hydrogen-bond acceptors (Lipinski definition) is 2. The topological polar surface area (TPSA) is 29.1 Å². The van der Waals surface area contributed by atoms with E-state index in [0.29, 0.717) is 12.0 Å². The Bertz CT molecular complexity index is 184. The Morgan fingerprint density at radius 2 is 1.71 bits per heavy atom. The molecule has 0 bridgehead atoms. The van der Waals surface area contributed by atoms with Gasteiger partial charge in [0.05, 0.1) is 0 Å². The van der Waals surface area contributed by atoms with Crippen molar-refractivity contribution in [1.82, 2.24) is 5.32 Å². The molecule has 1 N–H and O–H groups in total. The van der Waals surface area contributed by atoms with Crippen LogP contribution in [0.25, 0.3) is 0 Å². The summed E-state index contributed by atoms with van der Waals surface area (Å²) in [4.78, 5) is 0. The maximum Gasteiger partial charge on any atom is 0.0375 e. The fraction of sp³-hybridized carbons (Fsp3) is 1.00. The number of rotatable bonds is 5. The van der Waals surface area contributed by atoms with Crippen molar-refractivity contribution in [3.05, 3.63) is 0 Å². The Balaban J connectivity index is 3.71. The first-order valence-corrected chi connectivity index (χ1v) is 6.69. The van der Waals surface area contributed by atoms with Crippen LogP contribution in [0, 0.1) is 5.92 Å². The third-order valence-electron chi connectivity index (χ3n) is 2.44. The Kier molecular flexibility index (Phi) is 5.91. The predicted molar refractivity (Wildman–Crippen MR) is 65.1 cm³/mol.